The monoisotopic (exact) mass is 344 g/mol. The maximum atomic E-state index is 13.3. The molecule has 26 heavy (non-hydrogen) atoms. The molecule has 2 heteroatoms. The third kappa shape index (κ3) is 3.26. The molecule has 3 aromatic carbocycles. The summed E-state index contributed by atoms with van der Waals surface area (Å²) in [6, 6.07) is 16.2. The van der Waals surface area contributed by atoms with Crippen LogP contribution in [0.3, 0.4) is 0 Å². The first-order valence-corrected chi connectivity index (χ1v) is 8.85. The average molecular weight is 344 g/mol. The van der Waals surface area contributed by atoms with Crippen molar-refractivity contribution in [3.8, 4) is 23.0 Å². The van der Waals surface area contributed by atoms with Gasteiger partial charge >= 0.3 is 0 Å². The molecule has 0 aromatic heterocycles. The van der Waals surface area contributed by atoms with Gasteiger partial charge in [0.25, 0.3) is 0 Å². The molecule has 0 bridgehead atoms. The van der Waals surface area contributed by atoms with Gasteiger partial charge in [-0.05, 0) is 64.9 Å². The molecule has 0 amide bonds. The highest BCUT2D eigenvalue weighted by atomic mass is 19.1. The van der Waals surface area contributed by atoms with E-state index in [2.05, 4.69) is 49.1 Å². The Kier molecular flexibility index (Phi) is 4.31. The van der Waals surface area contributed by atoms with E-state index in [1.165, 1.54) is 39.9 Å². The van der Waals surface area contributed by atoms with E-state index in [1.807, 2.05) is 6.07 Å². The summed E-state index contributed by atoms with van der Waals surface area (Å²) < 4.78 is 26.5. The van der Waals surface area contributed by atoms with E-state index in [0.717, 1.165) is 30.9 Å². The van der Waals surface area contributed by atoms with Crippen molar-refractivity contribution < 1.29 is 8.78 Å². The highest BCUT2D eigenvalue weighted by Gasteiger charge is 2.18. The number of rotatable bonds is 2. The molecular weight excluding hydrogens is 326 g/mol. The lowest BCUT2D eigenvalue weighted by Crippen LogP contribution is -1.86. The first kappa shape index (κ1) is 16.5. The number of hydrogen-bond donors (Lipinski definition) is 0. The summed E-state index contributed by atoms with van der Waals surface area (Å²) in [5, 5.41) is 0. The van der Waals surface area contributed by atoms with Crippen LogP contribution in [0.1, 0.15) is 41.2 Å². The van der Waals surface area contributed by atoms with E-state index in [1.54, 1.807) is 0 Å². The van der Waals surface area contributed by atoms with Gasteiger partial charge in [0.1, 0.15) is 11.6 Å². The second kappa shape index (κ2) is 6.77. The van der Waals surface area contributed by atoms with Crippen LogP contribution in [-0.2, 0) is 12.8 Å². The Morgan fingerprint density at radius 2 is 1.42 bits per heavy atom. The van der Waals surface area contributed by atoms with Crippen molar-refractivity contribution in [2.24, 2.45) is 0 Å². The van der Waals surface area contributed by atoms with E-state index in [4.69, 9.17) is 0 Å². The third-order valence-electron chi connectivity index (χ3n) is 4.70. The van der Waals surface area contributed by atoms with Gasteiger partial charge in [-0.25, -0.2) is 8.78 Å². The molecule has 0 N–H and O–H groups in total. The SMILES string of the molecule is CCCc1ccc2c(c1)Cc1cc(C#Cc3cc(F)cc(F)c3)ccc1-2. The standard InChI is InChI=1S/C24H18F2/c1-2-3-16-6-8-23-19(10-16)14-20-11-17(7-9-24(20)23)4-5-18-12-21(25)15-22(26)13-18/h6-13,15H,2-3,14H2,1H3. The molecule has 0 radical (unpaired) electrons. The quantitative estimate of drug-likeness (QED) is 0.398. The van der Waals surface area contributed by atoms with Gasteiger partial charge in [0, 0.05) is 17.2 Å². The van der Waals surface area contributed by atoms with Gasteiger partial charge in [0.05, 0.1) is 0 Å². The Bertz CT molecular complexity index is 1030. The summed E-state index contributed by atoms with van der Waals surface area (Å²) in [6.07, 6.45) is 3.16. The molecular formula is C24H18F2. The number of aryl methyl sites for hydroxylation is 1. The number of fused-ring (bicyclic) bond motifs is 3. The van der Waals surface area contributed by atoms with Gasteiger partial charge in [0.2, 0.25) is 0 Å². The summed E-state index contributed by atoms with van der Waals surface area (Å²) in [5.74, 6) is 4.65. The summed E-state index contributed by atoms with van der Waals surface area (Å²) in [6.45, 7) is 2.19. The van der Waals surface area contributed by atoms with E-state index in [9.17, 15) is 8.78 Å². The lowest BCUT2D eigenvalue weighted by molar-refractivity contribution is 0.582. The summed E-state index contributed by atoms with van der Waals surface area (Å²) >= 11 is 0. The predicted octanol–water partition coefficient (Wildman–Crippen LogP) is 5.89. The van der Waals surface area contributed by atoms with Gasteiger partial charge in [-0.2, -0.15) is 0 Å². The fraction of sp³-hybridized carbons (Fsp3) is 0.167. The molecule has 0 saturated heterocycles. The van der Waals surface area contributed by atoms with Crippen LogP contribution in [0, 0.1) is 23.5 Å². The molecule has 3 aromatic rings. The second-order valence-electron chi connectivity index (χ2n) is 6.70. The Morgan fingerprint density at radius 1 is 0.769 bits per heavy atom. The maximum absolute atomic E-state index is 13.3. The van der Waals surface area contributed by atoms with Crippen LogP contribution in [0.5, 0.6) is 0 Å². The zero-order chi connectivity index (χ0) is 18.1. The fourth-order valence-corrected chi connectivity index (χ4v) is 3.56. The van der Waals surface area contributed by atoms with Crippen LogP contribution >= 0.6 is 0 Å². The maximum Gasteiger partial charge on any atom is 0.127 e. The van der Waals surface area contributed by atoms with Crippen LogP contribution in [0.25, 0.3) is 11.1 Å². The van der Waals surface area contributed by atoms with Gasteiger partial charge < -0.3 is 0 Å². The van der Waals surface area contributed by atoms with Gasteiger partial charge in [-0.15, -0.1) is 0 Å². The molecule has 128 valence electrons. The lowest BCUT2D eigenvalue weighted by Gasteiger charge is -2.04. The molecule has 0 heterocycles. The Labute approximate surface area is 152 Å². The second-order valence-corrected chi connectivity index (χ2v) is 6.70. The number of halogens is 2. The molecule has 0 unspecified atom stereocenters. The highest BCUT2D eigenvalue weighted by molar-refractivity contribution is 5.77. The summed E-state index contributed by atoms with van der Waals surface area (Å²) in [7, 11) is 0. The van der Waals surface area contributed by atoms with Crippen molar-refractivity contribution in [2.45, 2.75) is 26.2 Å². The van der Waals surface area contributed by atoms with E-state index >= 15 is 0 Å². The molecule has 0 nitrogen and oxygen atoms in total. The zero-order valence-electron chi connectivity index (χ0n) is 14.6. The van der Waals surface area contributed by atoms with Crippen LogP contribution in [0.2, 0.25) is 0 Å². The minimum absolute atomic E-state index is 0.343. The minimum atomic E-state index is -0.610. The summed E-state index contributed by atoms with van der Waals surface area (Å²) in [5.41, 5.74) is 7.75. The van der Waals surface area contributed by atoms with Crippen molar-refractivity contribution in [1.82, 2.24) is 0 Å². The van der Waals surface area contributed by atoms with Gasteiger partial charge in [-0.1, -0.05) is 49.5 Å². The molecule has 0 saturated carbocycles. The van der Waals surface area contributed by atoms with Crippen molar-refractivity contribution in [3.63, 3.8) is 0 Å². The predicted molar refractivity (Wildman–Crippen MR) is 101 cm³/mol. The van der Waals surface area contributed by atoms with Crippen molar-refractivity contribution in [2.75, 3.05) is 0 Å². The lowest BCUT2D eigenvalue weighted by atomic mass is 10.0. The highest BCUT2D eigenvalue weighted by Crippen LogP contribution is 2.37. The zero-order valence-corrected chi connectivity index (χ0v) is 14.6. The first-order valence-electron chi connectivity index (χ1n) is 8.85. The minimum Gasteiger partial charge on any atom is -0.207 e. The molecule has 1 aliphatic carbocycles. The van der Waals surface area contributed by atoms with E-state index < -0.39 is 11.6 Å². The molecule has 1 aliphatic rings. The van der Waals surface area contributed by atoms with Crippen molar-refractivity contribution in [1.29, 1.82) is 0 Å². The van der Waals surface area contributed by atoms with Crippen LogP contribution in [-0.4, -0.2) is 0 Å². The molecule has 0 aliphatic heterocycles. The average Bonchev–Trinajstić information content (AvgIpc) is 2.96. The van der Waals surface area contributed by atoms with Crippen LogP contribution in [0.15, 0.2) is 54.6 Å². The van der Waals surface area contributed by atoms with E-state index in [-0.39, 0.29) is 0 Å². The topological polar surface area (TPSA) is 0 Å². The smallest absolute Gasteiger partial charge is 0.127 e. The molecule has 4 rings (SSSR count). The Morgan fingerprint density at radius 3 is 2.15 bits per heavy atom. The first-order chi connectivity index (χ1) is 12.6. The van der Waals surface area contributed by atoms with Crippen LogP contribution in [0.4, 0.5) is 8.78 Å². The van der Waals surface area contributed by atoms with Crippen molar-refractivity contribution >= 4 is 0 Å². The third-order valence-corrected chi connectivity index (χ3v) is 4.70. The Balaban J connectivity index is 1.63. The van der Waals surface area contributed by atoms with Crippen molar-refractivity contribution in [3.05, 3.63) is 94.0 Å². The van der Waals surface area contributed by atoms with Gasteiger partial charge in [0.15, 0.2) is 0 Å². The van der Waals surface area contributed by atoms with E-state index in [0.29, 0.717) is 5.56 Å². The fourth-order valence-electron chi connectivity index (χ4n) is 3.56. The largest absolute Gasteiger partial charge is 0.207 e. The van der Waals surface area contributed by atoms with Crippen LogP contribution < -0.4 is 0 Å². The Hall–Kier alpha value is -2.92. The molecule has 0 fully saturated rings. The molecule has 0 spiro atoms. The number of benzene rings is 3. The van der Waals surface area contributed by atoms with Gasteiger partial charge in [-0.3, -0.25) is 0 Å². The number of hydrogen-bond acceptors (Lipinski definition) is 0. The molecule has 0 atom stereocenters. The normalized spacial score (nSPS) is 11.5. The summed E-state index contributed by atoms with van der Waals surface area (Å²) in [4.78, 5) is 0.